The van der Waals surface area contributed by atoms with Gasteiger partial charge in [-0.15, -0.1) is 0 Å². The molecule has 4 rings (SSSR count). The van der Waals surface area contributed by atoms with Crippen molar-refractivity contribution in [1.29, 1.82) is 0 Å². The molecule has 2 amide bonds. The Hall–Kier alpha value is -3.93. The molecule has 1 aromatic heterocycles. The van der Waals surface area contributed by atoms with Crippen LogP contribution in [0.3, 0.4) is 0 Å². The lowest BCUT2D eigenvalue weighted by Gasteiger charge is -2.12. The van der Waals surface area contributed by atoms with E-state index in [1.54, 1.807) is 41.8 Å². The summed E-state index contributed by atoms with van der Waals surface area (Å²) in [5, 5.41) is 6.21. The van der Waals surface area contributed by atoms with Crippen molar-refractivity contribution in [2.75, 3.05) is 10.6 Å². The van der Waals surface area contributed by atoms with Crippen LogP contribution in [0.15, 0.2) is 77.6 Å². The zero-order valence-corrected chi connectivity index (χ0v) is 17.7. The Bertz CT molecular complexity index is 1290. The van der Waals surface area contributed by atoms with Crippen LogP contribution in [0.2, 0.25) is 0 Å². The van der Waals surface area contributed by atoms with Gasteiger partial charge in [0.1, 0.15) is 5.82 Å². The molecule has 0 atom stereocenters. The number of hydrogen-bond acceptors (Lipinski definition) is 3. The molecule has 0 radical (unpaired) electrons. The van der Waals surface area contributed by atoms with Crippen molar-refractivity contribution in [1.82, 2.24) is 9.55 Å². The molecule has 6 nitrogen and oxygen atoms in total. The highest BCUT2D eigenvalue weighted by atomic mass is 16.2. The molecular formula is C25H24N4O2. The Morgan fingerprint density at radius 2 is 1.45 bits per heavy atom. The van der Waals surface area contributed by atoms with Gasteiger partial charge in [0.2, 0.25) is 0 Å². The third-order valence-electron chi connectivity index (χ3n) is 5.16. The maximum atomic E-state index is 12.9. The van der Waals surface area contributed by atoms with E-state index in [-0.39, 0.29) is 11.6 Å². The van der Waals surface area contributed by atoms with E-state index in [0.29, 0.717) is 34.0 Å². The number of urea groups is 1. The summed E-state index contributed by atoms with van der Waals surface area (Å²) in [5.41, 5.74) is 3.82. The molecule has 0 saturated carbocycles. The highest BCUT2D eigenvalue weighted by Gasteiger charge is 2.10. The molecule has 0 spiro atoms. The van der Waals surface area contributed by atoms with Crippen molar-refractivity contribution in [3.63, 3.8) is 0 Å². The molecule has 156 valence electrons. The van der Waals surface area contributed by atoms with E-state index < -0.39 is 0 Å². The number of para-hydroxylation sites is 1. The van der Waals surface area contributed by atoms with Crippen LogP contribution in [0.1, 0.15) is 31.2 Å². The molecule has 0 unspecified atom stereocenters. The van der Waals surface area contributed by atoms with Gasteiger partial charge in [-0.25, -0.2) is 9.78 Å². The third kappa shape index (κ3) is 4.33. The molecule has 0 fully saturated rings. The van der Waals surface area contributed by atoms with Gasteiger partial charge in [0.05, 0.1) is 16.6 Å². The second-order valence-corrected chi connectivity index (χ2v) is 7.72. The van der Waals surface area contributed by atoms with Gasteiger partial charge in [0.25, 0.3) is 5.56 Å². The Balaban J connectivity index is 1.50. The van der Waals surface area contributed by atoms with Crippen molar-refractivity contribution in [2.45, 2.75) is 26.7 Å². The SMILES string of the molecule is Cc1nc2ccccc2c(=O)n1-c1ccc(NC(=O)Nc2ccc(C(C)C)cc2)cc1. The van der Waals surface area contributed by atoms with Gasteiger partial charge in [-0.05, 0) is 66.9 Å². The topological polar surface area (TPSA) is 76.0 Å². The number of benzene rings is 3. The minimum atomic E-state index is -0.328. The smallest absolute Gasteiger partial charge is 0.308 e. The number of fused-ring (bicyclic) bond motifs is 1. The molecule has 0 aliphatic carbocycles. The number of aromatic nitrogens is 2. The lowest BCUT2D eigenvalue weighted by Crippen LogP contribution is -2.22. The first-order chi connectivity index (χ1) is 14.9. The number of anilines is 2. The number of carbonyl (C=O) groups is 1. The van der Waals surface area contributed by atoms with Crippen molar-refractivity contribution in [3.8, 4) is 5.69 Å². The molecule has 0 aliphatic rings. The lowest BCUT2D eigenvalue weighted by molar-refractivity contribution is 0.262. The van der Waals surface area contributed by atoms with Gasteiger partial charge < -0.3 is 10.6 Å². The highest BCUT2D eigenvalue weighted by molar-refractivity contribution is 5.99. The highest BCUT2D eigenvalue weighted by Crippen LogP contribution is 2.18. The molecule has 0 bridgehead atoms. The summed E-state index contributed by atoms with van der Waals surface area (Å²) in [6.45, 7) is 6.06. The van der Waals surface area contributed by atoms with Crippen molar-refractivity contribution in [3.05, 3.63) is 94.5 Å². The molecule has 0 aliphatic heterocycles. The molecule has 31 heavy (non-hydrogen) atoms. The largest absolute Gasteiger partial charge is 0.323 e. The predicted octanol–water partition coefficient (Wildman–Crippen LogP) is 5.46. The number of amides is 2. The number of rotatable bonds is 4. The Kier molecular flexibility index (Phi) is 5.54. The van der Waals surface area contributed by atoms with Gasteiger partial charge in [-0.2, -0.15) is 0 Å². The van der Waals surface area contributed by atoms with E-state index in [4.69, 9.17) is 0 Å². The number of carbonyl (C=O) groups excluding carboxylic acids is 1. The molecule has 0 saturated heterocycles. The van der Waals surface area contributed by atoms with E-state index in [1.807, 2.05) is 42.5 Å². The third-order valence-corrected chi connectivity index (χ3v) is 5.16. The van der Waals surface area contributed by atoms with E-state index >= 15 is 0 Å². The van der Waals surface area contributed by atoms with E-state index in [2.05, 4.69) is 29.5 Å². The Morgan fingerprint density at radius 1 is 0.871 bits per heavy atom. The van der Waals surface area contributed by atoms with Gasteiger partial charge in [0.15, 0.2) is 0 Å². The summed E-state index contributed by atoms with van der Waals surface area (Å²) in [4.78, 5) is 29.8. The fourth-order valence-corrected chi connectivity index (χ4v) is 3.49. The van der Waals surface area contributed by atoms with Gasteiger partial charge >= 0.3 is 6.03 Å². The maximum absolute atomic E-state index is 12.9. The van der Waals surface area contributed by atoms with Crippen LogP contribution in [0, 0.1) is 6.92 Å². The van der Waals surface area contributed by atoms with E-state index in [1.165, 1.54) is 5.56 Å². The molecule has 1 heterocycles. The first-order valence-electron chi connectivity index (χ1n) is 10.2. The summed E-state index contributed by atoms with van der Waals surface area (Å²) < 4.78 is 1.57. The van der Waals surface area contributed by atoms with Crippen LogP contribution in [-0.2, 0) is 0 Å². The minimum absolute atomic E-state index is 0.119. The first-order valence-corrected chi connectivity index (χ1v) is 10.2. The second kappa shape index (κ2) is 8.44. The zero-order valence-electron chi connectivity index (χ0n) is 17.7. The normalized spacial score (nSPS) is 11.0. The summed E-state index contributed by atoms with van der Waals surface area (Å²) in [6.07, 6.45) is 0. The van der Waals surface area contributed by atoms with Crippen LogP contribution in [0.5, 0.6) is 0 Å². The number of nitrogens with zero attached hydrogens (tertiary/aromatic N) is 2. The zero-order chi connectivity index (χ0) is 22.0. The van der Waals surface area contributed by atoms with Crippen molar-refractivity contribution < 1.29 is 4.79 Å². The summed E-state index contributed by atoms with van der Waals surface area (Å²) in [6, 6.07) is 21.9. The quantitative estimate of drug-likeness (QED) is 0.467. The van der Waals surface area contributed by atoms with Gasteiger partial charge in [0, 0.05) is 11.4 Å². The van der Waals surface area contributed by atoms with E-state index in [0.717, 1.165) is 5.69 Å². The number of hydrogen-bond donors (Lipinski definition) is 2. The molecule has 4 aromatic rings. The molecule has 2 N–H and O–H groups in total. The van der Waals surface area contributed by atoms with Crippen LogP contribution >= 0.6 is 0 Å². The standard InChI is InChI=1S/C25H24N4O2/c1-16(2)18-8-10-19(11-9-18)27-25(31)28-20-12-14-21(15-13-20)29-17(3)26-23-7-5-4-6-22(23)24(29)30/h4-16H,1-3H3,(H2,27,28,31). The van der Waals surface area contributed by atoms with Gasteiger partial charge in [-0.3, -0.25) is 9.36 Å². The van der Waals surface area contributed by atoms with Crippen molar-refractivity contribution in [2.24, 2.45) is 0 Å². The Morgan fingerprint density at radius 3 is 2.06 bits per heavy atom. The van der Waals surface area contributed by atoms with Crippen LogP contribution < -0.4 is 16.2 Å². The van der Waals surface area contributed by atoms with E-state index in [9.17, 15) is 9.59 Å². The molecular weight excluding hydrogens is 388 g/mol. The van der Waals surface area contributed by atoms with Gasteiger partial charge in [-0.1, -0.05) is 38.1 Å². The molecule has 3 aromatic carbocycles. The monoisotopic (exact) mass is 412 g/mol. The summed E-state index contributed by atoms with van der Waals surface area (Å²) in [5.74, 6) is 1.04. The van der Waals surface area contributed by atoms with Crippen molar-refractivity contribution >= 4 is 28.3 Å². The predicted molar refractivity (Wildman–Crippen MR) is 125 cm³/mol. The summed E-state index contributed by atoms with van der Waals surface area (Å²) >= 11 is 0. The van der Waals surface area contributed by atoms with Crippen LogP contribution in [0.25, 0.3) is 16.6 Å². The average molecular weight is 412 g/mol. The minimum Gasteiger partial charge on any atom is -0.308 e. The second-order valence-electron chi connectivity index (χ2n) is 7.72. The molecule has 6 heteroatoms. The summed E-state index contributed by atoms with van der Waals surface area (Å²) in [7, 11) is 0. The fraction of sp³-hybridized carbons (Fsp3) is 0.160. The first kappa shape index (κ1) is 20.3. The lowest BCUT2D eigenvalue weighted by atomic mass is 10.0. The van der Waals surface area contributed by atoms with Crippen LogP contribution in [0.4, 0.5) is 16.2 Å². The maximum Gasteiger partial charge on any atom is 0.323 e. The fourth-order valence-electron chi connectivity index (χ4n) is 3.49. The number of aryl methyl sites for hydroxylation is 1. The van der Waals surface area contributed by atoms with Crippen LogP contribution in [-0.4, -0.2) is 15.6 Å². The average Bonchev–Trinajstić information content (AvgIpc) is 2.75. The Labute approximate surface area is 180 Å². The number of nitrogens with one attached hydrogen (secondary N) is 2.